The Kier molecular flexibility index (Phi) is 8.40. The van der Waals surface area contributed by atoms with Crippen molar-refractivity contribution in [3.63, 3.8) is 0 Å². The fourth-order valence-electron chi connectivity index (χ4n) is 2.83. The number of likely N-dealkylation sites (N-methyl/N-ethyl adjacent to an activating group) is 1. The minimum Gasteiger partial charge on any atom is -0.355 e. The second kappa shape index (κ2) is 10.8. The summed E-state index contributed by atoms with van der Waals surface area (Å²) in [6, 6.07) is 17.6. The average Bonchev–Trinajstić information content (AvgIpc) is 2.66. The molecule has 27 heavy (non-hydrogen) atoms. The zero-order chi connectivity index (χ0) is 19.6. The van der Waals surface area contributed by atoms with Crippen LogP contribution in [-0.4, -0.2) is 35.1 Å². The third-order valence-corrected chi connectivity index (χ3v) is 5.28. The van der Waals surface area contributed by atoms with Crippen molar-refractivity contribution < 1.29 is 9.59 Å². The van der Waals surface area contributed by atoms with E-state index in [4.69, 9.17) is 0 Å². The molecule has 0 aromatic heterocycles. The van der Waals surface area contributed by atoms with E-state index in [0.29, 0.717) is 18.8 Å². The highest BCUT2D eigenvalue weighted by Crippen LogP contribution is 2.16. The number of amides is 2. The minimum atomic E-state index is -0.503. The van der Waals surface area contributed by atoms with Gasteiger partial charge in [-0.2, -0.15) is 0 Å². The predicted molar refractivity (Wildman–Crippen MR) is 112 cm³/mol. The second-order valence-corrected chi connectivity index (χ2v) is 7.55. The standard InChI is InChI=1S/C22H28N2O2S/c1-4-23-22(26)18(3)24(14-19-10-6-5-7-11-19)21(25)16-27-15-20-12-8-9-17(2)13-20/h5-13,18H,4,14-16H2,1-3H3,(H,23,26). The highest BCUT2D eigenvalue weighted by atomic mass is 32.2. The van der Waals surface area contributed by atoms with Crippen molar-refractivity contribution in [2.24, 2.45) is 0 Å². The lowest BCUT2D eigenvalue weighted by atomic mass is 10.1. The molecule has 0 radical (unpaired) electrons. The lowest BCUT2D eigenvalue weighted by molar-refractivity contribution is -0.138. The van der Waals surface area contributed by atoms with Crippen LogP contribution < -0.4 is 5.32 Å². The van der Waals surface area contributed by atoms with Crippen molar-refractivity contribution in [2.45, 2.75) is 39.1 Å². The molecule has 0 saturated carbocycles. The quantitative estimate of drug-likeness (QED) is 0.716. The fourth-order valence-corrected chi connectivity index (χ4v) is 3.68. The average molecular weight is 385 g/mol. The molecule has 0 saturated heterocycles. The van der Waals surface area contributed by atoms with Crippen LogP contribution in [0.1, 0.15) is 30.5 Å². The van der Waals surface area contributed by atoms with E-state index in [9.17, 15) is 9.59 Å². The molecule has 1 atom stereocenters. The molecular formula is C22H28N2O2S. The Morgan fingerprint density at radius 1 is 1.07 bits per heavy atom. The molecule has 2 rings (SSSR count). The molecule has 2 aromatic carbocycles. The van der Waals surface area contributed by atoms with Gasteiger partial charge in [0.05, 0.1) is 5.75 Å². The molecule has 0 aliphatic heterocycles. The molecule has 144 valence electrons. The largest absolute Gasteiger partial charge is 0.355 e. The van der Waals surface area contributed by atoms with Gasteiger partial charge in [-0.15, -0.1) is 11.8 Å². The summed E-state index contributed by atoms with van der Waals surface area (Å²) in [4.78, 5) is 26.9. The van der Waals surface area contributed by atoms with Gasteiger partial charge in [-0.3, -0.25) is 9.59 Å². The van der Waals surface area contributed by atoms with E-state index in [1.165, 1.54) is 11.1 Å². The van der Waals surface area contributed by atoms with Crippen LogP contribution in [0.25, 0.3) is 0 Å². The van der Waals surface area contributed by atoms with Crippen molar-refractivity contribution in [1.82, 2.24) is 10.2 Å². The summed E-state index contributed by atoms with van der Waals surface area (Å²) in [6.07, 6.45) is 0. The number of aryl methyl sites for hydroxylation is 1. The van der Waals surface area contributed by atoms with Crippen LogP contribution in [0.3, 0.4) is 0 Å². The Balaban J connectivity index is 2.02. The van der Waals surface area contributed by atoms with Gasteiger partial charge in [-0.1, -0.05) is 60.2 Å². The van der Waals surface area contributed by atoms with Gasteiger partial charge in [-0.25, -0.2) is 0 Å². The van der Waals surface area contributed by atoms with Gasteiger partial charge in [0.2, 0.25) is 11.8 Å². The molecule has 0 aliphatic rings. The lowest BCUT2D eigenvalue weighted by Gasteiger charge is -2.28. The third-order valence-electron chi connectivity index (χ3n) is 4.29. The first kappa shape index (κ1) is 21.0. The maximum Gasteiger partial charge on any atom is 0.242 e. The molecule has 1 N–H and O–H groups in total. The molecule has 2 aromatic rings. The number of carbonyl (C=O) groups is 2. The SMILES string of the molecule is CCNC(=O)C(C)N(Cc1ccccc1)C(=O)CSCc1cccc(C)c1. The first-order valence-corrected chi connectivity index (χ1v) is 10.4. The number of thioether (sulfide) groups is 1. The van der Waals surface area contributed by atoms with Crippen molar-refractivity contribution in [3.05, 3.63) is 71.3 Å². The summed E-state index contributed by atoms with van der Waals surface area (Å²) < 4.78 is 0. The molecule has 5 heteroatoms. The molecular weight excluding hydrogens is 356 g/mol. The Labute approximate surface area is 166 Å². The van der Waals surface area contributed by atoms with Crippen LogP contribution in [0.4, 0.5) is 0 Å². The Morgan fingerprint density at radius 2 is 1.78 bits per heavy atom. The van der Waals surface area contributed by atoms with Gasteiger partial charge in [0.15, 0.2) is 0 Å². The Hall–Kier alpha value is -2.27. The molecule has 0 fully saturated rings. The van der Waals surface area contributed by atoms with Crippen LogP contribution in [-0.2, 0) is 21.9 Å². The zero-order valence-electron chi connectivity index (χ0n) is 16.3. The van der Waals surface area contributed by atoms with Crippen molar-refractivity contribution in [3.8, 4) is 0 Å². The van der Waals surface area contributed by atoms with Gasteiger partial charge < -0.3 is 10.2 Å². The molecule has 2 amide bonds. The molecule has 4 nitrogen and oxygen atoms in total. The van der Waals surface area contributed by atoms with E-state index >= 15 is 0 Å². The number of nitrogens with zero attached hydrogens (tertiary/aromatic N) is 1. The summed E-state index contributed by atoms with van der Waals surface area (Å²) in [6.45, 7) is 6.72. The molecule has 0 bridgehead atoms. The number of hydrogen-bond donors (Lipinski definition) is 1. The van der Waals surface area contributed by atoms with E-state index in [1.807, 2.05) is 43.3 Å². The zero-order valence-corrected chi connectivity index (χ0v) is 17.1. The van der Waals surface area contributed by atoms with Gasteiger partial charge in [0.1, 0.15) is 6.04 Å². The smallest absolute Gasteiger partial charge is 0.242 e. The fraction of sp³-hybridized carbons (Fsp3) is 0.364. The highest BCUT2D eigenvalue weighted by Gasteiger charge is 2.25. The summed E-state index contributed by atoms with van der Waals surface area (Å²) in [5, 5.41) is 2.81. The summed E-state index contributed by atoms with van der Waals surface area (Å²) >= 11 is 1.58. The molecule has 0 spiro atoms. The maximum atomic E-state index is 12.9. The van der Waals surface area contributed by atoms with Crippen LogP contribution >= 0.6 is 11.8 Å². The lowest BCUT2D eigenvalue weighted by Crippen LogP contribution is -2.48. The van der Waals surface area contributed by atoms with Crippen LogP contribution in [0.2, 0.25) is 0 Å². The van der Waals surface area contributed by atoms with Crippen LogP contribution in [0, 0.1) is 6.92 Å². The minimum absolute atomic E-state index is 0.0183. The van der Waals surface area contributed by atoms with Crippen LogP contribution in [0.5, 0.6) is 0 Å². The number of carbonyl (C=O) groups excluding carboxylic acids is 2. The molecule has 0 aliphatic carbocycles. The predicted octanol–water partition coefficient (Wildman–Crippen LogP) is 3.78. The van der Waals surface area contributed by atoms with E-state index in [0.717, 1.165) is 11.3 Å². The first-order chi connectivity index (χ1) is 13.0. The summed E-state index contributed by atoms with van der Waals surface area (Å²) in [5.41, 5.74) is 3.44. The maximum absolute atomic E-state index is 12.9. The van der Waals surface area contributed by atoms with E-state index < -0.39 is 6.04 Å². The van der Waals surface area contributed by atoms with Crippen molar-refractivity contribution in [1.29, 1.82) is 0 Å². The van der Waals surface area contributed by atoms with Crippen molar-refractivity contribution in [2.75, 3.05) is 12.3 Å². The van der Waals surface area contributed by atoms with Crippen molar-refractivity contribution >= 4 is 23.6 Å². The van der Waals surface area contributed by atoms with E-state index in [1.54, 1.807) is 23.6 Å². The number of nitrogens with one attached hydrogen (secondary N) is 1. The Morgan fingerprint density at radius 3 is 2.44 bits per heavy atom. The normalized spacial score (nSPS) is 11.7. The Bertz CT molecular complexity index is 749. The third kappa shape index (κ3) is 6.75. The number of hydrogen-bond acceptors (Lipinski definition) is 3. The molecule has 0 heterocycles. The molecule has 1 unspecified atom stereocenters. The number of benzene rings is 2. The highest BCUT2D eigenvalue weighted by molar-refractivity contribution is 7.99. The van der Waals surface area contributed by atoms with Gasteiger partial charge >= 0.3 is 0 Å². The van der Waals surface area contributed by atoms with Crippen LogP contribution in [0.15, 0.2) is 54.6 Å². The van der Waals surface area contributed by atoms with Gasteiger partial charge in [-0.05, 0) is 31.9 Å². The summed E-state index contributed by atoms with van der Waals surface area (Å²) in [7, 11) is 0. The van der Waals surface area contributed by atoms with E-state index in [-0.39, 0.29) is 11.8 Å². The first-order valence-electron chi connectivity index (χ1n) is 9.25. The summed E-state index contributed by atoms with van der Waals surface area (Å²) in [5.74, 6) is 0.993. The topological polar surface area (TPSA) is 49.4 Å². The van der Waals surface area contributed by atoms with Gasteiger partial charge in [0.25, 0.3) is 0 Å². The second-order valence-electron chi connectivity index (χ2n) is 6.56. The monoisotopic (exact) mass is 384 g/mol. The van der Waals surface area contributed by atoms with Gasteiger partial charge in [0, 0.05) is 18.8 Å². The van der Waals surface area contributed by atoms with E-state index in [2.05, 4.69) is 30.4 Å². The number of rotatable bonds is 9.